The molecule has 1 saturated heterocycles. The van der Waals surface area contributed by atoms with Gasteiger partial charge in [0.25, 0.3) is 0 Å². The number of aliphatic hydroxyl groups is 1. The molecule has 0 amide bonds. The molecule has 16 heavy (non-hydrogen) atoms. The SMILES string of the molecule is OC1CC(c2nc(C3COCCO3)no2)C1. The first-order chi connectivity index (χ1) is 7.83. The van der Waals surface area contributed by atoms with Crippen LogP contribution >= 0.6 is 0 Å². The maximum Gasteiger partial charge on any atom is 0.230 e. The van der Waals surface area contributed by atoms with E-state index >= 15 is 0 Å². The second kappa shape index (κ2) is 4.12. The highest BCUT2D eigenvalue weighted by molar-refractivity contribution is 5.02. The van der Waals surface area contributed by atoms with Crippen molar-refractivity contribution < 1.29 is 19.1 Å². The van der Waals surface area contributed by atoms with Crippen molar-refractivity contribution in [1.29, 1.82) is 0 Å². The topological polar surface area (TPSA) is 77.6 Å². The van der Waals surface area contributed by atoms with Gasteiger partial charge in [0.05, 0.1) is 25.9 Å². The Balaban J connectivity index is 1.67. The molecule has 2 aliphatic rings. The molecule has 6 heteroatoms. The first kappa shape index (κ1) is 10.2. The number of nitrogens with zero attached hydrogens (tertiary/aromatic N) is 2. The predicted molar refractivity (Wildman–Crippen MR) is 51.8 cm³/mol. The second-order valence-electron chi connectivity index (χ2n) is 4.25. The number of hydrogen-bond donors (Lipinski definition) is 1. The fraction of sp³-hybridized carbons (Fsp3) is 0.800. The summed E-state index contributed by atoms with van der Waals surface area (Å²) in [5, 5.41) is 13.1. The van der Waals surface area contributed by atoms with E-state index in [-0.39, 0.29) is 18.1 Å². The molecule has 88 valence electrons. The molecule has 2 fully saturated rings. The molecule has 0 radical (unpaired) electrons. The molecule has 1 N–H and O–H groups in total. The summed E-state index contributed by atoms with van der Waals surface area (Å²) in [6, 6.07) is 0. The summed E-state index contributed by atoms with van der Waals surface area (Å²) < 4.78 is 15.9. The van der Waals surface area contributed by atoms with E-state index in [4.69, 9.17) is 14.0 Å². The Morgan fingerprint density at radius 3 is 2.81 bits per heavy atom. The number of aromatic nitrogens is 2. The van der Waals surface area contributed by atoms with Gasteiger partial charge < -0.3 is 19.1 Å². The van der Waals surface area contributed by atoms with Gasteiger partial charge in [0.1, 0.15) is 6.10 Å². The molecule has 1 aliphatic carbocycles. The van der Waals surface area contributed by atoms with Gasteiger partial charge in [-0.25, -0.2) is 0 Å². The Labute approximate surface area is 92.5 Å². The Morgan fingerprint density at radius 1 is 1.25 bits per heavy atom. The monoisotopic (exact) mass is 226 g/mol. The molecule has 1 unspecified atom stereocenters. The first-order valence-electron chi connectivity index (χ1n) is 5.54. The summed E-state index contributed by atoms with van der Waals surface area (Å²) in [5.74, 6) is 1.37. The van der Waals surface area contributed by atoms with Crippen molar-refractivity contribution in [3.05, 3.63) is 11.7 Å². The van der Waals surface area contributed by atoms with Crippen LogP contribution in [0.25, 0.3) is 0 Å². The van der Waals surface area contributed by atoms with Crippen LogP contribution in [0.1, 0.15) is 36.6 Å². The van der Waals surface area contributed by atoms with Gasteiger partial charge in [-0.15, -0.1) is 0 Å². The molecular weight excluding hydrogens is 212 g/mol. The van der Waals surface area contributed by atoms with E-state index in [1.54, 1.807) is 0 Å². The molecule has 1 aromatic rings. The Morgan fingerprint density at radius 2 is 2.12 bits per heavy atom. The lowest BCUT2D eigenvalue weighted by Crippen LogP contribution is -2.27. The zero-order chi connectivity index (χ0) is 11.0. The molecule has 0 aromatic carbocycles. The number of rotatable bonds is 2. The fourth-order valence-electron chi connectivity index (χ4n) is 1.97. The summed E-state index contributed by atoms with van der Waals surface area (Å²) in [5.41, 5.74) is 0. The average molecular weight is 226 g/mol. The maximum absolute atomic E-state index is 9.20. The van der Waals surface area contributed by atoms with E-state index in [1.807, 2.05) is 0 Å². The van der Waals surface area contributed by atoms with E-state index in [2.05, 4.69) is 10.1 Å². The highest BCUT2D eigenvalue weighted by Gasteiger charge is 2.34. The smallest absolute Gasteiger partial charge is 0.230 e. The van der Waals surface area contributed by atoms with Crippen LogP contribution in [0.4, 0.5) is 0 Å². The van der Waals surface area contributed by atoms with Crippen LogP contribution in [0.5, 0.6) is 0 Å². The minimum Gasteiger partial charge on any atom is -0.393 e. The molecule has 6 nitrogen and oxygen atoms in total. The zero-order valence-electron chi connectivity index (χ0n) is 8.83. The van der Waals surface area contributed by atoms with Gasteiger partial charge in [-0.2, -0.15) is 4.98 Å². The lowest BCUT2D eigenvalue weighted by Gasteiger charge is -2.27. The van der Waals surface area contributed by atoms with Gasteiger partial charge >= 0.3 is 0 Å². The van der Waals surface area contributed by atoms with Crippen LogP contribution < -0.4 is 0 Å². The molecule has 1 aromatic heterocycles. The van der Waals surface area contributed by atoms with Gasteiger partial charge in [0.15, 0.2) is 0 Å². The average Bonchev–Trinajstić information content (AvgIpc) is 2.75. The van der Waals surface area contributed by atoms with Gasteiger partial charge in [0, 0.05) is 5.92 Å². The first-order valence-corrected chi connectivity index (χ1v) is 5.54. The van der Waals surface area contributed by atoms with Crippen LogP contribution in [0.15, 0.2) is 4.52 Å². The quantitative estimate of drug-likeness (QED) is 0.786. The largest absolute Gasteiger partial charge is 0.393 e. The molecular formula is C10H14N2O4. The lowest BCUT2D eigenvalue weighted by molar-refractivity contribution is -0.0941. The maximum atomic E-state index is 9.20. The van der Waals surface area contributed by atoms with Crippen molar-refractivity contribution >= 4 is 0 Å². The number of ether oxygens (including phenoxy) is 2. The summed E-state index contributed by atoms with van der Waals surface area (Å²) in [6.07, 6.45) is 0.999. The molecule has 0 bridgehead atoms. The normalized spacial score (nSPS) is 34.7. The molecule has 1 saturated carbocycles. The van der Waals surface area contributed by atoms with Crippen molar-refractivity contribution in [2.75, 3.05) is 19.8 Å². The summed E-state index contributed by atoms with van der Waals surface area (Å²) in [6.45, 7) is 1.67. The Hall–Kier alpha value is -0.980. The van der Waals surface area contributed by atoms with E-state index < -0.39 is 0 Å². The number of aliphatic hydroxyl groups excluding tert-OH is 1. The van der Waals surface area contributed by atoms with E-state index in [0.29, 0.717) is 44.4 Å². The van der Waals surface area contributed by atoms with Gasteiger partial charge in [-0.3, -0.25) is 0 Å². The molecule has 1 atom stereocenters. The van der Waals surface area contributed by atoms with E-state index in [9.17, 15) is 5.11 Å². The highest BCUT2D eigenvalue weighted by Crippen LogP contribution is 2.36. The third-order valence-electron chi connectivity index (χ3n) is 3.02. The molecule has 1 aliphatic heterocycles. The zero-order valence-corrected chi connectivity index (χ0v) is 8.83. The standard InChI is InChI=1S/C10H14N2O4/c13-7-3-6(4-7)10-11-9(12-16-10)8-5-14-1-2-15-8/h6-8,13H,1-5H2. The second-order valence-corrected chi connectivity index (χ2v) is 4.25. The van der Waals surface area contributed by atoms with Crippen molar-refractivity contribution in [2.24, 2.45) is 0 Å². The lowest BCUT2D eigenvalue weighted by atomic mass is 9.82. The van der Waals surface area contributed by atoms with E-state index in [0.717, 1.165) is 0 Å². The Kier molecular flexibility index (Phi) is 2.62. The van der Waals surface area contributed by atoms with Crippen LogP contribution in [-0.4, -0.2) is 41.2 Å². The summed E-state index contributed by atoms with van der Waals surface area (Å²) >= 11 is 0. The van der Waals surface area contributed by atoms with Crippen LogP contribution in [0.3, 0.4) is 0 Å². The van der Waals surface area contributed by atoms with Crippen LogP contribution in [-0.2, 0) is 9.47 Å². The molecule has 2 heterocycles. The van der Waals surface area contributed by atoms with Crippen molar-refractivity contribution in [3.63, 3.8) is 0 Å². The third-order valence-corrected chi connectivity index (χ3v) is 3.02. The molecule has 0 spiro atoms. The molecule has 3 rings (SSSR count). The Bertz CT molecular complexity index is 355. The van der Waals surface area contributed by atoms with Crippen molar-refractivity contribution in [3.8, 4) is 0 Å². The summed E-state index contributed by atoms with van der Waals surface area (Å²) in [7, 11) is 0. The van der Waals surface area contributed by atoms with Crippen molar-refractivity contribution in [2.45, 2.75) is 31.0 Å². The van der Waals surface area contributed by atoms with Crippen LogP contribution in [0, 0.1) is 0 Å². The number of hydrogen-bond acceptors (Lipinski definition) is 6. The summed E-state index contributed by atoms with van der Waals surface area (Å²) in [4.78, 5) is 4.30. The highest BCUT2D eigenvalue weighted by atomic mass is 16.6. The minimum absolute atomic E-state index is 0.209. The fourth-order valence-corrected chi connectivity index (χ4v) is 1.97. The van der Waals surface area contributed by atoms with Gasteiger partial charge in [0.2, 0.25) is 11.7 Å². The van der Waals surface area contributed by atoms with E-state index in [1.165, 1.54) is 0 Å². The van der Waals surface area contributed by atoms with Gasteiger partial charge in [-0.05, 0) is 12.8 Å². The minimum atomic E-state index is -0.213. The predicted octanol–water partition coefficient (Wildman–Crippen LogP) is 0.396. The van der Waals surface area contributed by atoms with Crippen molar-refractivity contribution in [1.82, 2.24) is 10.1 Å². The van der Waals surface area contributed by atoms with Gasteiger partial charge in [-0.1, -0.05) is 5.16 Å². The van der Waals surface area contributed by atoms with Crippen LogP contribution in [0.2, 0.25) is 0 Å². The third kappa shape index (κ3) is 1.83.